The number of fused-ring (bicyclic) bond motifs is 1. The molecule has 0 saturated heterocycles. The summed E-state index contributed by atoms with van der Waals surface area (Å²) >= 11 is 5.40. The number of aliphatic hydroxyl groups is 1. The van der Waals surface area contributed by atoms with Crippen LogP contribution in [-0.2, 0) is 13.5 Å². The monoisotopic (exact) mass is 352 g/mol. The van der Waals surface area contributed by atoms with Crippen LogP contribution in [0.25, 0.3) is 0 Å². The highest BCUT2D eigenvalue weighted by Crippen LogP contribution is 2.41. The average molecular weight is 353 g/mol. The molecule has 1 aromatic heterocycles. The van der Waals surface area contributed by atoms with E-state index in [1.54, 1.807) is 0 Å². The van der Waals surface area contributed by atoms with Crippen LogP contribution in [0.2, 0.25) is 0 Å². The molecule has 2 atom stereocenters. The van der Waals surface area contributed by atoms with Crippen molar-refractivity contribution in [3.05, 3.63) is 45.7 Å². The van der Waals surface area contributed by atoms with Crippen molar-refractivity contribution >= 4 is 27.7 Å². The lowest BCUT2D eigenvalue weighted by atomic mass is 9.92. The molecule has 2 aromatic rings. The summed E-state index contributed by atoms with van der Waals surface area (Å²) in [6, 6.07) is 8.37. The molecule has 3 rings (SSSR count). The summed E-state index contributed by atoms with van der Waals surface area (Å²) in [5.41, 5.74) is 3.31. The normalized spacial score (nSPS) is 19.1. The van der Waals surface area contributed by atoms with Crippen molar-refractivity contribution in [3.63, 3.8) is 0 Å². The van der Waals surface area contributed by atoms with Gasteiger partial charge in [0.2, 0.25) is 0 Å². The van der Waals surface area contributed by atoms with Crippen molar-refractivity contribution in [2.45, 2.75) is 30.3 Å². The fourth-order valence-electron chi connectivity index (χ4n) is 2.75. The molecule has 2 unspecified atom stereocenters. The Morgan fingerprint density at radius 2 is 2.25 bits per heavy atom. The molecule has 5 heteroatoms. The molecule has 20 heavy (non-hydrogen) atoms. The summed E-state index contributed by atoms with van der Waals surface area (Å²) in [5.74, 6) is 1.16. The molecule has 2 heterocycles. The molecule has 0 bridgehead atoms. The zero-order chi connectivity index (χ0) is 14.3. The second-order valence-corrected chi connectivity index (χ2v) is 7.05. The van der Waals surface area contributed by atoms with Crippen LogP contribution in [0.5, 0.6) is 0 Å². The molecule has 3 nitrogen and oxygen atoms in total. The molecule has 0 radical (unpaired) electrons. The average Bonchev–Trinajstić information content (AvgIpc) is 2.96. The van der Waals surface area contributed by atoms with Crippen LogP contribution >= 0.6 is 27.7 Å². The standard InChI is InChI=1S/C15H17BrN2OS/c1-9-15(16)12(18(2)17-9)7-13(19)11-8-20-14-6-4-3-5-10(11)14/h3-6,11,13,19H,7-8H2,1-2H3. The number of aryl methyl sites for hydroxylation is 2. The van der Waals surface area contributed by atoms with E-state index in [4.69, 9.17) is 0 Å². The van der Waals surface area contributed by atoms with Crippen molar-refractivity contribution < 1.29 is 5.11 Å². The van der Waals surface area contributed by atoms with E-state index in [-0.39, 0.29) is 12.0 Å². The Balaban J connectivity index is 1.83. The molecule has 1 aromatic carbocycles. The van der Waals surface area contributed by atoms with Gasteiger partial charge in [-0.2, -0.15) is 5.10 Å². The number of aromatic nitrogens is 2. The Morgan fingerprint density at radius 3 is 2.95 bits per heavy atom. The smallest absolute Gasteiger partial charge is 0.0738 e. The molecule has 0 saturated carbocycles. The maximum absolute atomic E-state index is 10.6. The predicted molar refractivity (Wildman–Crippen MR) is 85.3 cm³/mol. The van der Waals surface area contributed by atoms with Gasteiger partial charge < -0.3 is 5.11 Å². The predicted octanol–water partition coefficient (Wildman–Crippen LogP) is 3.28. The summed E-state index contributed by atoms with van der Waals surface area (Å²) in [5, 5.41) is 15.0. The first-order chi connectivity index (χ1) is 9.58. The third kappa shape index (κ3) is 2.43. The molecule has 0 aliphatic carbocycles. The van der Waals surface area contributed by atoms with E-state index in [1.165, 1.54) is 10.5 Å². The topological polar surface area (TPSA) is 38.0 Å². The summed E-state index contributed by atoms with van der Waals surface area (Å²) in [4.78, 5) is 1.30. The minimum atomic E-state index is -0.378. The summed E-state index contributed by atoms with van der Waals surface area (Å²) in [6.07, 6.45) is 0.245. The van der Waals surface area contributed by atoms with Crippen LogP contribution in [0, 0.1) is 6.92 Å². The van der Waals surface area contributed by atoms with Crippen LogP contribution in [0.1, 0.15) is 22.9 Å². The van der Waals surface area contributed by atoms with E-state index in [2.05, 4.69) is 45.3 Å². The molecule has 1 aliphatic rings. The van der Waals surface area contributed by atoms with Gasteiger partial charge in [-0.3, -0.25) is 4.68 Å². The van der Waals surface area contributed by atoms with Gasteiger partial charge in [-0.25, -0.2) is 0 Å². The largest absolute Gasteiger partial charge is 0.392 e. The molecule has 0 fully saturated rings. The second kappa shape index (κ2) is 5.54. The number of aliphatic hydroxyl groups excluding tert-OH is 1. The number of halogens is 1. The first-order valence-electron chi connectivity index (χ1n) is 6.65. The van der Waals surface area contributed by atoms with E-state index < -0.39 is 0 Å². The van der Waals surface area contributed by atoms with Gasteiger partial charge in [0.05, 0.1) is 22.0 Å². The van der Waals surface area contributed by atoms with Gasteiger partial charge in [-0.05, 0) is 34.5 Å². The van der Waals surface area contributed by atoms with E-state index in [0.717, 1.165) is 21.6 Å². The third-order valence-electron chi connectivity index (χ3n) is 3.87. The number of rotatable bonds is 3. The second-order valence-electron chi connectivity index (χ2n) is 5.20. The molecule has 106 valence electrons. The molecule has 0 amide bonds. The lowest BCUT2D eigenvalue weighted by molar-refractivity contribution is 0.149. The van der Waals surface area contributed by atoms with Crippen molar-refractivity contribution in [1.82, 2.24) is 9.78 Å². The minimum Gasteiger partial charge on any atom is -0.392 e. The van der Waals surface area contributed by atoms with Crippen molar-refractivity contribution in [2.24, 2.45) is 7.05 Å². The highest BCUT2D eigenvalue weighted by molar-refractivity contribution is 9.10. The van der Waals surface area contributed by atoms with Gasteiger partial charge in [0.15, 0.2) is 0 Å². The lowest BCUT2D eigenvalue weighted by Crippen LogP contribution is -2.22. The Labute approximate surface area is 131 Å². The Morgan fingerprint density at radius 1 is 1.50 bits per heavy atom. The Kier molecular flexibility index (Phi) is 3.93. The van der Waals surface area contributed by atoms with Gasteiger partial charge in [-0.15, -0.1) is 11.8 Å². The highest BCUT2D eigenvalue weighted by Gasteiger charge is 2.30. The van der Waals surface area contributed by atoms with Crippen LogP contribution in [0.4, 0.5) is 0 Å². The van der Waals surface area contributed by atoms with Crippen molar-refractivity contribution in [3.8, 4) is 0 Å². The van der Waals surface area contributed by atoms with Crippen LogP contribution in [0.3, 0.4) is 0 Å². The lowest BCUT2D eigenvalue weighted by Gasteiger charge is -2.19. The van der Waals surface area contributed by atoms with Gasteiger partial charge in [0.1, 0.15) is 0 Å². The Hall–Kier alpha value is -0.780. The minimum absolute atomic E-state index is 0.207. The summed E-state index contributed by atoms with van der Waals surface area (Å²) < 4.78 is 2.87. The maximum atomic E-state index is 10.6. The van der Waals surface area contributed by atoms with E-state index in [9.17, 15) is 5.11 Å². The van der Waals surface area contributed by atoms with Crippen LogP contribution in [-0.4, -0.2) is 26.7 Å². The van der Waals surface area contributed by atoms with Gasteiger partial charge in [-0.1, -0.05) is 18.2 Å². The molecule has 0 spiro atoms. The van der Waals surface area contributed by atoms with Gasteiger partial charge in [0.25, 0.3) is 0 Å². The van der Waals surface area contributed by atoms with Crippen molar-refractivity contribution in [2.75, 3.05) is 5.75 Å². The van der Waals surface area contributed by atoms with Crippen LogP contribution in [0.15, 0.2) is 33.6 Å². The Bertz CT molecular complexity index is 641. The quantitative estimate of drug-likeness (QED) is 0.920. The van der Waals surface area contributed by atoms with Gasteiger partial charge >= 0.3 is 0 Å². The van der Waals surface area contributed by atoms with Crippen LogP contribution < -0.4 is 0 Å². The number of hydrogen-bond donors (Lipinski definition) is 1. The summed E-state index contributed by atoms with van der Waals surface area (Å²) in [6.45, 7) is 1.97. The number of nitrogens with zero attached hydrogens (tertiary/aromatic N) is 2. The van der Waals surface area contributed by atoms with Crippen molar-refractivity contribution in [1.29, 1.82) is 0 Å². The fraction of sp³-hybridized carbons (Fsp3) is 0.400. The molecular formula is C15H17BrN2OS. The third-order valence-corrected chi connectivity index (χ3v) is 6.11. The fourth-order valence-corrected chi connectivity index (χ4v) is 4.57. The van der Waals surface area contributed by atoms with E-state index in [0.29, 0.717) is 6.42 Å². The number of benzene rings is 1. The SMILES string of the molecule is Cc1nn(C)c(CC(O)C2CSc3ccccc32)c1Br. The molecule has 1 aliphatic heterocycles. The van der Waals surface area contributed by atoms with E-state index >= 15 is 0 Å². The zero-order valence-electron chi connectivity index (χ0n) is 11.5. The highest BCUT2D eigenvalue weighted by atomic mass is 79.9. The number of thioether (sulfide) groups is 1. The zero-order valence-corrected chi connectivity index (χ0v) is 13.9. The molecular weight excluding hydrogens is 336 g/mol. The summed E-state index contributed by atoms with van der Waals surface area (Å²) in [7, 11) is 1.93. The number of hydrogen-bond acceptors (Lipinski definition) is 3. The van der Waals surface area contributed by atoms with Gasteiger partial charge in [0, 0.05) is 30.0 Å². The molecule has 1 N–H and O–H groups in total. The maximum Gasteiger partial charge on any atom is 0.0738 e. The first-order valence-corrected chi connectivity index (χ1v) is 8.43. The van der Waals surface area contributed by atoms with E-state index in [1.807, 2.05) is 30.4 Å². The first kappa shape index (κ1) is 14.2.